The van der Waals surface area contributed by atoms with Crippen LogP contribution in [0.1, 0.15) is 26.2 Å². The van der Waals surface area contributed by atoms with Gasteiger partial charge < -0.3 is 29.5 Å². The van der Waals surface area contributed by atoms with Crippen LogP contribution in [-0.2, 0) is 0 Å². The van der Waals surface area contributed by atoms with E-state index in [1.165, 1.54) is 0 Å². The minimum atomic E-state index is 0.393. The predicted molar refractivity (Wildman–Crippen MR) is 130 cm³/mol. The van der Waals surface area contributed by atoms with Crippen LogP contribution in [0.5, 0.6) is 11.5 Å². The molecule has 1 atom stereocenters. The van der Waals surface area contributed by atoms with Crippen molar-refractivity contribution in [1.29, 1.82) is 0 Å². The maximum Gasteiger partial charge on any atom is 0.162 e. The van der Waals surface area contributed by atoms with Gasteiger partial charge in [0.1, 0.15) is 5.82 Å². The summed E-state index contributed by atoms with van der Waals surface area (Å²) in [6.07, 6.45) is 3.30. The summed E-state index contributed by atoms with van der Waals surface area (Å²) in [5.41, 5.74) is 2.04. The smallest absolute Gasteiger partial charge is 0.162 e. The lowest BCUT2D eigenvalue weighted by molar-refractivity contribution is 0.356. The standard InChI is InChI=1S/C24H39N5O2/c1-7-18(9-12-27(2)3)25-21-17-24(29-11-8-10-28(4)13-14-29)26-20-16-23(31-6)22(30-5)15-19(20)21/h15-18H,7-14H2,1-6H3,(H,25,26). The first-order valence-corrected chi connectivity index (χ1v) is 11.4. The number of benzene rings is 1. The second kappa shape index (κ2) is 10.9. The maximum atomic E-state index is 5.58. The second-order valence-electron chi connectivity index (χ2n) is 8.74. The monoisotopic (exact) mass is 429 g/mol. The number of fused-ring (bicyclic) bond motifs is 1. The van der Waals surface area contributed by atoms with Gasteiger partial charge in [-0.3, -0.25) is 0 Å². The average Bonchev–Trinajstić information content (AvgIpc) is 2.99. The molecule has 1 fully saturated rings. The predicted octanol–water partition coefficient (Wildman–Crippen LogP) is 3.54. The molecule has 7 nitrogen and oxygen atoms in total. The molecule has 2 aromatic rings. The van der Waals surface area contributed by atoms with Crippen LogP contribution in [-0.4, -0.2) is 88.9 Å². The van der Waals surface area contributed by atoms with Crippen molar-refractivity contribution in [2.75, 3.05) is 78.3 Å². The number of hydrogen-bond donors (Lipinski definition) is 1. The van der Waals surface area contributed by atoms with Crippen LogP contribution in [0.3, 0.4) is 0 Å². The lowest BCUT2D eigenvalue weighted by Gasteiger charge is -2.26. The molecule has 0 amide bonds. The fourth-order valence-corrected chi connectivity index (χ4v) is 4.11. The van der Waals surface area contributed by atoms with E-state index in [0.29, 0.717) is 11.8 Å². The highest BCUT2D eigenvalue weighted by molar-refractivity contribution is 5.95. The van der Waals surface area contributed by atoms with Gasteiger partial charge in [0, 0.05) is 48.9 Å². The largest absolute Gasteiger partial charge is 0.493 e. The summed E-state index contributed by atoms with van der Waals surface area (Å²) in [6, 6.07) is 6.65. The van der Waals surface area contributed by atoms with E-state index in [1.54, 1.807) is 14.2 Å². The number of pyridine rings is 1. The first-order valence-electron chi connectivity index (χ1n) is 11.4. The van der Waals surface area contributed by atoms with Crippen molar-refractivity contribution in [3.05, 3.63) is 18.2 Å². The summed E-state index contributed by atoms with van der Waals surface area (Å²) in [7, 11) is 9.79. The van der Waals surface area contributed by atoms with E-state index in [2.05, 4.69) is 54.1 Å². The van der Waals surface area contributed by atoms with Gasteiger partial charge in [0.25, 0.3) is 0 Å². The highest BCUT2D eigenvalue weighted by Gasteiger charge is 2.19. The van der Waals surface area contributed by atoms with Crippen LogP contribution in [0.15, 0.2) is 18.2 Å². The zero-order valence-corrected chi connectivity index (χ0v) is 20.1. The quantitative estimate of drug-likeness (QED) is 0.654. The number of anilines is 2. The summed E-state index contributed by atoms with van der Waals surface area (Å²) in [5.74, 6) is 2.46. The summed E-state index contributed by atoms with van der Waals surface area (Å²) >= 11 is 0. The van der Waals surface area contributed by atoms with E-state index < -0.39 is 0 Å². The van der Waals surface area contributed by atoms with Crippen molar-refractivity contribution in [1.82, 2.24) is 14.8 Å². The molecule has 0 aliphatic carbocycles. The third-order valence-corrected chi connectivity index (χ3v) is 6.12. The number of likely N-dealkylation sites (N-methyl/N-ethyl adjacent to an activating group) is 1. The maximum absolute atomic E-state index is 5.58. The van der Waals surface area contributed by atoms with E-state index in [9.17, 15) is 0 Å². The van der Waals surface area contributed by atoms with E-state index >= 15 is 0 Å². The molecule has 0 radical (unpaired) electrons. The molecule has 1 aromatic heterocycles. The van der Waals surface area contributed by atoms with Crippen molar-refractivity contribution in [3.63, 3.8) is 0 Å². The first kappa shape index (κ1) is 23.4. The van der Waals surface area contributed by atoms with Crippen molar-refractivity contribution in [2.45, 2.75) is 32.2 Å². The van der Waals surface area contributed by atoms with E-state index in [-0.39, 0.29) is 0 Å². The van der Waals surface area contributed by atoms with Gasteiger partial charge in [-0.15, -0.1) is 0 Å². The Morgan fingerprint density at radius 3 is 2.48 bits per heavy atom. The molecular formula is C24H39N5O2. The molecule has 7 heteroatoms. The fraction of sp³-hybridized carbons (Fsp3) is 0.625. The zero-order chi connectivity index (χ0) is 22.4. The Morgan fingerprint density at radius 2 is 1.81 bits per heavy atom. The molecule has 0 spiro atoms. The van der Waals surface area contributed by atoms with E-state index in [4.69, 9.17) is 14.5 Å². The lowest BCUT2D eigenvalue weighted by Crippen LogP contribution is -2.29. The van der Waals surface area contributed by atoms with Gasteiger partial charge in [0.15, 0.2) is 11.5 Å². The Hall–Kier alpha value is -2.25. The van der Waals surface area contributed by atoms with Gasteiger partial charge in [-0.1, -0.05) is 6.92 Å². The number of ether oxygens (including phenoxy) is 2. The summed E-state index contributed by atoms with van der Waals surface area (Å²) < 4.78 is 11.1. The average molecular weight is 430 g/mol. The normalized spacial score (nSPS) is 16.4. The minimum Gasteiger partial charge on any atom is -0.493 e. The number of nitrogens with zero attached hydrogens (tertiary/aromatic N) is 4. The second-order valence-corrected chi connectivity index (χ2v) is 8.74. The van der Waals surface area contributed by atoms with Crippen LogP contribution in [0.4, 0.5) is 11.5 Å². The Morgan fingerprint density at radius 1 is 1.06 bits per heavy atom. The molecule has 172 valence electrons. The molecule has 1 aromatic carbocycles. The Kier molecular flexibility index (Phi) is 8.21. The summed E-state index contributed by atoms with van der Waals surface area (Å²) in [4.78, 5) is 12.1. The SMILES string of the molecule is CCC(CCN(C)C)Nc1cc(N2CCCN(C)CC2)nc2cc(OC)c(OC)cc12. The summed E-state index contributed by atoms with van der Waals surface area (Å²) in [5, 5.41) is 4.89. The molecule has 1 aliphatic rings. The van der Waals surface area contributed by atoms with Gasteiger partial charge in [0.2, 0.25) is 0 Å². The Balaban J connectivity index is 2.03. The molecule has 0 bridgehead atoms. The number of methoxy groups -OCH3 is 2. The Bertz CT molecular complexity index is 857. The van der Waals surface area contributed by atoms with Crippen LogP contribution >= 0.6 is 0 Å². The Labute approximate surface area is 187 Å². The summed E-state index contributed by atoms with van der Waals surface area (Å²) in [6.45, 7) is 7.48. The number of nitrogens with one attached hydrogen (secondary N) is 1. The van der Waals surface area contributed by atoms with Crippen LogP contribution in [0.25, 0.3) is 10.9 Å². The van der Waals surface area contributed by atoms with Gasteiger partial charge in [0.05, 0.1) is 19.7 Å². The molecule has 1 saturated heterocycles. The lowest BCUT2D eigenvalue weighted by atomic mass is 10.1. The molecule has 31 heavy (non-hydrogen) atoms. The fourth-order valence-electron chi connectivity index (χ4n) is 4.11. The topological polar surface area (TPSA) is 53.1 Å². The number of aromatic nitrogens is 1. The first-order chi connectivity index (χ1) is 14.9. The van der Waals surface area contributed by atoms with Crippen LogP contribution < -0.4 is 19.7 Å². The highest BCUT2D eigenvalue weighted by atomic mass is 16.5. The van der Waals surface area contributed by atoms with Crippen LogP contribution in [0.2, 0.25) is 0 Å². The van der Waals surface area contributed by atoms with Gasteiger partial charge in [-0.2, -0.15) is 0 Å². The van der Waals surface area contributed by atoms with Gasteiger partial charge in [-0.05, 0) is 59.6 Å². The van der Waals surface area contributed by atoms with Crippen molar-refractivity contribution >= 4 is 22.4 Å². The van der Waals surface area contributed by atoms with Crippen molar-refractivity contribution in [3.8, 4) is 11.5 Å². The molecular weight excluding hydrogens is 390 g/mol. The van der Waals surface area contributed by atoms with Crippen LogP contribution in [0, 0.1) is 0 Å². The highest BCUT2D eigenvalue weighted by Crippen LogP contribution is 2.37. The number of rotatable bonds is 9. The minimum absolute atomic E-state index is 0.393. The van der Waals surface area contributed by atoms with Gasteiger partial charge in [-0.25, -0.2) is 4.98 Å². The third-order valence-electron chi connectivity index (χ3n) is 6.12. The zero-order valence-electron chi connectivity index (χ0n) is 20.1. The molecule has 1 aliphatic heterocycles. The van der Waals surface area contributed by atoms with Gasteiger partial charge >= 0.3 is 0 Å². The molecule has 2 heterocycles. The molecule has 3 rings (SSSR count). The molecule has 1 N–H and O–H groups in total. The molecule has 1 unspecified atom stereocenters. The third kappa shape index (κ3) is 5.92. The van der Waals surface area contributed by atoms with Crippen molar-refractivity contribution < 1.29 is 9.47 Å². The van der Waals surface area contributed by atoms with E-state index in [0.717, 1.165) is 80.1 Å². The van der Waals surface area contributed by atoms with Crippen molar-refractivity contribution in [2.24, 2.45) is 0 Å². The molecule has 0 saturated carbocycles. The van der Waals surface area contributed by atoms with E-state index in [1.807, 2.05) is 12.1 Å². The number of hydrogen-bond acceptors (Lipinski definition) is 7.